The van der Waals surface area contributed by atoms with E-state index >= 15 is 0 Å². The van der Waals surface area contributed by atoms with Gasteiger partial charge in [0.2, 0.25) is 0 Å². The molecule has 1 aromatic rings. The van der Waals surface area contributed by atoms with E-state index in [2.05, 4.69) is 5.32 Å². The Hall–Kier alpha value is -1.13. The largest absolute Gasteiger partial charge is 0.496 e. The average molecular weight is 211 g/mol. The summed E-state index contributed by atoms with van der Waals surface area (Å²) in [5, 5.41) is 12.9. The van der Waals surface area contributed by atoms with Gasteiger partial charge in [0.1, 0.15) is 11.6 Å². The van der Waals surface area contributed by atoms with Crippen molar-refractivity contribution >= 4 is 0 Å². The van der Waals surface area contributed by atoms with Gasteiger partial charge in [0.15, 0.2) is 0 Å². The van der Waals surface area contributed by atoms with Crippen LogP contribution in [-0.4, -0.2) is 30.9 Å². The van der Waals surface area contributed by atoms with Crippen LogP contribution in [0.4, 0.5) is 4.39 Å². The van der Waals surface area contributed by atoms with Crippen LogP contribution < -0.4 is 10.1 Å². The zero-order valence-electron chi connectivity index (χ0n) is 8.59. The highest BCUT2D eigenvalue weighted by Gasteiger charge is 2.35. The topological polar surface area (TPSA) is 41.5 Å². The number of hydrogen-bond donors (Lipinski definition) is 2. The second-order valence-electron chi connectivity index (χ2n) is 3.96. The van der Waals surface area contributed by atoms with Crippen LogP contribution in [0, 0.1) is 5.82 Å². The number of aliphatic hydroxyl groups is 1. The highest BCUT2D eigenvalue weighted by Crippen LogP contribution is 2.25. The van der Waals surface area contributed by atoms with Crippen molar-refractivity contribution in [2.45, 2.75) is 12.0 Å². The number of ether oxygens (including phenoxy) is 1. The van der Waals surface area contributed by atoms with E-state index in [9.17, 15) is 9.50 Å². The molecular formula is C11H14FNO2. The van der Waals surface area contributed by atoms with Gasteiger partial charge in [0, 0.05) is 19.5 Å². The molecule has 1 saturated heterocycles. The van der Waals surface area contributed by atoms with Crippen LogP contribution in [-0.2, 0) is 6.42 Å². The van der Waals surface area contributed by atoms with Gasteiger partial charge >= 0.3 is 0 Å². The van der Waals surface area contributed by atoms with E-state index in [1.807, 2.05) is 0 Å². The number of methoxy groups -OCH3 is 1. The number of rotatable bonds is 3. The van der Waals surface area contributed by atoms with Gasteiger partial charge in [-0.25, -0.2) is 4.39 Å². The lowest BCUT2D eigenvalue weighted by Crippen LogP contribution is -2.60. The quantitative estimate of drug-likeness (QED) is 0.773. The molecule has 0 saturated carbocycles. The molecule has 82 valence electrons. The zero-order chi connectivity index (χ0) is 10.9. The van der Waals surface area contributed by atoms with E-state index in [-0.39, 0.29) is 5.82 Å². The maximum Gasteiger partial charge on any atom is 0.123 e. The molecule has 3 nitrogen and oxygen atoms in total. The van der Waals surface area contributed by atoms with Crippen LogP contribution in [0.5, 0.6) is 5.75 Å². The summed E-state index contributed by atoms with van der Waals surface area (Å²) in [6.07, 6.45) is 0.418. The second-order valence-corrected chi connectivity index (χ2v) is 3.96. The minimum absolute atomic E-state index is 0.304. The van der Waals surface area contributed by atoms with Crippen molar-refractivity contribution < 1.29 is 14.2 Å². The number of nitrogens with one attached hydrogen (secondary N) is 1. The first-order valence-corrected chi connectivity index (χ1v) is 4.88. The molecular weight excluding hydrogens is 197 g/mol. The third-order valence-corrected chi connectivity index (χ3v) is 2.67. The fourth-order valence-electron chi connectivity index (χ4n) is 1.78. The molecule has 1 aliphatic rings. The fourth-order valence-corrected chi connectivity index (χ4v) is 1.78. The van der Waals surface area contributed by atoms with Crippen molar-refractivity contribution in [3.05, 3.63) is 29.6 Å². The average Bonchev–Trinajstić information content (AvgIpc) is 2.16. The van der Waals surface area contributed by atoms with Crippen LogP contribution >= 0.6 is 0 Å². The molecule has 1 aromatic carbocycles. The van der Waals surface area contributed by atoms with Gasteiger partial charge in [-0.05, 0) is 23.8 Å². The summed E-state index contributed by atoms with van der Waals surface area (Å²) in [4.78, 5) is 0. The van der Waals surface area contributed by atoms with Crippen LogP contribution in [0.2, 0.25) is 0 Å². The predicted octanol–water partition coefficient (Wildman–Crippen LogP) is 0.711. The molecule has 0 unspecified atom stereocenters. The monoisotopic (exact) mass is 211 g/mol. The van der Waals surface area contributed by atoms with Crippen LogP contribution in [0.25, 0.3) is 0 Å². The Morgan fingerprint density at radius 3 is 2.80 bits per heavy atom. The minimum Gasteiger partial charge on any atom is -0.496 e. The van der Waals surface area contributed by atoms with Gasteiger partial charge in [0.25, 0.3) is 0 Å². The molecule has 15 heavy (non-hydrogen) atoms. The third-order valence-electron chi connectivity index (χ3n) is 2.67. The Morgan fingerprint density at radius 2 is 2.27 bits per heavy atom. The summed E-state index contributed by atoms with van der Waals surface area (Å²) in [5.41, 5.74) is -0.0392. The Balaban J connectivity index is 2.21. The molecule has 0 bridgehead atoms. The first kappa shape index (κ1) is 10.4. The van der Waals surface area contributed by atoms with Crippen molar-refractivity contribution in [3.63, 3.8) is 0 Å². The smallest absolute Gasteiger partial charge is 0.123 e. The molecule has 1 fully saturated rings. The van der Waals surface area contributed by atoms with Crippen LogP contribution in [0.15, 0.2) is 18.2 Å². The van der Waals surface area contributed by atoms with Crippen LogP contribution in [0.3, 0.4) is 0 Å². The van der Waals surface area contributed by atoms with Crippen molar-refractivity contribution in [3.8, 4) is 5.75 Å². The Labute approximate surface area is 87.9 Å². The highest BCUT2D eigenvalue weighted by molar-refractivity contribution is 5.35. The van der Waals surface area contributed by atoms with E-state index in [4.69, 9.17) is 4.74 Å². The minimum atomic E-state index is -0.749. The van der Waals surface area contributed by atoms with E-state index in [1.165, 1.54) is 12.1 Å². The highest BCUT2D eigenvalue weighted by atomic mass is 19.1. The standard InChI is InChI=1S/C11H14FNO2/c1-15-10-3-2-9(12)4-8(10)5-11(14)6-13-7-11/h2-4,13-14H,5-7H2,1H3. The molecule has 0 amide bonds. The van der Waals surface area contributed by atoms with E-state index in [0.29, 0.717) is 30.8 Å². The molecule has 2 rings (SSSR count). The number of hydrogen-bond acceptors (Lipinski definition) is 3. The molecule has 1 heterocycles. The summed E-state index contributed by atoms with van der Waals surface area (Å²) in [6.45, 7) is 1.10. The predicted molar refractivity (Wildman–Crippen MR) is 54.5 cm³/mol. The Kier molecular flexibility index (Phi) is 2.63. The lowest BCUT2D eigenvalue weighted by molar-refractivity contribution is -0.00947. The second kappa shape index (κ2) is 3.79. The van der Waals surface area contributed by atoms with Crippen molar-refractivity contribution in [1.29, 1.82) is 0 Å². The van der Waals surface area contributed by atoms with Gasteiger partial charge in [-0.3, -0.25) is 0 Å². The fraction of sp³-hybridized carbons (Fsp3) is 0.455. The molecule has 0 aromatic heterocycles. The summed E-state index contributed by atoms with van der Waals surface area (Å²) in [7, 11) is 1.54. The van der Waals surface area contributed by atoms with Gasteiger partial charge in [-0.2, -0.15) is 0 Å². The SMILES string of the molecule is COc1ccc(F)cc1CC1(O)CNC1. The maximum absolute atomic E-state index is 13.0. The first-order chi connectivity index (χ1) is 7.13. The van der Waals surface area contributed by atoms with E-state index in [1.54, 1.807) is 13.2 Å². The Morgan fingerprint density at radius 1 is 1.53 bits per heavy atom. The van der Waals surface area contributed by atoms with Gasteiger partial charge in [-0.1, -0.05) is 0 Å². The van der Waals surface area contributed by atoms with Crippen molar-refractivity contribution in [2.24, 2.45) is 0 Å². The van der Waals surface area contributed by atoms with E-state index < -0.39 is 5.60 Å². The zero-order valence-corrected chi connectivity index (χ0v) is 8.59. The Bertz CT molecular complexity index is 364. The van der Waals surface area contributed by atoms with Crippen molar-refractivity contribution in [2.75, 3.05) is 20.2 Å². The number of halogens is 1. The van der Waals surface area contributed by atoms with Gasteiger partial charge in [0.05, 0.1) is 12.7 Å². The van der Waals surface area contributed by atoms with Gasteiger partial charge in [-0.15, -0.1) is 0 Å². The molecule has 0 spiro atoms. The third kappa shape index (κ3) is 2.11. The normalized spacial score (nSPS) is 18.3. The lowest BCUT2D eigenvalue weighted by atomic mass is 9.89. The molecule has 0 atom stereocenters. The lowest BCUT2D eigenvalue weighted by Gasteiger charge is -2.38. The van der Waals surface area contributed by atoms with Crippen LogP contribution in [0.1, 0.15) is 5.56 Å². The summed E-state index contributed by atoms with van der Waals surface area (Å²) >= 11 is 0. The maximum atomic E-state index is 13.0. The van der Waals surface area contributed by atoms with Gasteiger partial charge < -0.3 is 15.2 Å². The molecule has 4 heteroatoms. The molecule has 0 aliphatic carbocycles. The summed E-state index contributed by atoms with van der Waals surface area (Å²) in [6, 6.07) is 4.35. The first-order valence-electron chi connectivity index (χ1n) is 4.88. The molecule has 2 N–H and O–H groups in total. The molecule has 0 radical (unpaired) electrons. The summed E-state index contributed by atoms with van der Waals surface area (Å²) in [5.74, 6) is 0.318. The summed E-state index contributed by atoms with van der Waals surface area (Å²) < 4.78 is 18.1. The number of β-amino-alcohol motifs (C(OH)–C–C–N with tert-alkyl or cyclic N) is 1. The number of benzene rings is 1. The molecule has 1 aliphatic heterocycles. The van der Waals surface area contributed by atoms with Crippen molar-refractivity contribution in [1.82, 2.24) is 5.32 Å². The van der Waals surface area contributed by atoms with E-state index in [0.717, 1.165) is 0 Å².